The highest BCUT2D eigenvalue weighted by Gasteiger charge is 2.14. The van der Waals surface area contributed by atoms with E-state index in [2.05, 4.69) is 0 Å². The van der Waals surface area contributed by atoms with Crippen LogP contribution in [0.1, 0.15) is 23.9 Å². The van der Waals surface area contributed by atoms with Gasteiger partial charge in [-0.15, -0.1) is 0 Å². The number of fused-ring (bicyclic) bond motifs is 1. The average Bonchev–Trinajstić information content (AvgIpc) is 2.72. The number of carbonyl (C=O) groups is 1. The minimum Gasteiger partial charge on any atom is -0.453 e. The molecular weight excluding hydrogens is 236 g/mol. The highest BCUT2D eigenvalue weighted by Crippen LogP contribution is 2.19. The number of para-hydroxylation sites is 1. The highest BCUT2D eigenvalue weighted by atomic mass is 32.2. The molecule has 0 aliphatic rings. The van der Waals surface area contributed by atoms with Gasteiger partial charge in [0, 0.05) is 21.9 Å². The summed E-state index contributed by atoms with van der Waals surface area (Å²) in [5, 5.41) is 0.900. The van der Waals surface area contributed by atoms with E-state index in [9.17, 15) is 9.00 Å². The molecule has 0 saturated carbocycles. The van der Waals surface area contributed by atoms with Crippen molar-refractivity contribution in [3.05, 3.63) is 36.1 Å². The Bertz CT molecular complexity index is 524. The molecule has 0 aliphatic carbocycles. The van der Waals surface area contributed by atoms with Gasteiger partial charge in [0.25, 0.3) is 0 Å². The monoisotopic (exact) mass is 250 g/mol. The number of hydrogen-bond acceptors (Lipinski definition) is 3. The summed E-state index contributed by atoms with van der Waals surface area (Å²) >= 11 is 0. The summed E-state index contributed by atoms with van der Waals surface area (Å²) in [5.41, 5.74) is 0.692. The van der Waals surface area contributed by atoms with Crippen LogP contribution in [-0.2, 0) is 10.8 Å². The van der Waals surface area contributed by atoms with E-state index >= 15 is 0 Å². The Morgan fingerprint density at radius 3 is 2.82 bits per heavy atom. The fraction of sp³-hybridized carbons (Fsp3) is 0.308. The van der Waals surface area contributed by atoms with Crippen LogP contribution >= 0.6 is 0 Å². The quantitative estimate of drug-likeness (QED) is 0.767. The molecule has 1 heterocycles. The minimum atomic E-state index is -1.08. The van der Waals surface area contributed by atoms with Crippen LogP contribution in [0.4, 0.5) is 0 Å². The number of hydrogen-bond donors (Lipinski definition) is 0. The summed E-state index contributed by atoms with van der Waals surface area (Å²) in [6.45, 7) is 1.95. The van der Waals surface area contributed by atoms with Crippen LogP contribution < -0.4 is 0 Å². The van der Waals surface area contributed by atoms with Crippen LogP contribution in [0.3, 0.4) is 0 Å². The Hall–Kier alpha value is -1.42. The molecule has 2 rings (SSSR count). The maximum Gasteiger partial charge on any atom is 0.210 e. The summed E-state index contributed by atoms with van der Waals surface area (Å²) in [6, 6.07) is 9.16. The molecule has 0 aliphatic heterocycles. The van der Waals surface area contributed by atoms with Gasteiger partial charge in [0.1, 0.15) is 5.58 Å². The normalized spacial score (nSPS) is 12.8. The van der Waals surface area contributed by atoms with Crippen LogP contribution in [0, 0.1) is 0 Å². The van der Waals surface area contributed by atoms with Crippen molar-refractivity contribution in [3.63, 3.8) is 0 Å². The van der Waals surface area contributed by atoms with Crippen molar-refractivity contribution in [1.29, 1.82) is 0 Å². The maximum absolute atomic E-state index is 11.8. The number of rotatable bonds is 5. The molecule has 1 atom stereocenters. The van der Waals surface area contributed by atoms with Crippen LogP contribution in [-0.4, -0.2) is 21.5 Å². The summed E-state index contributed by atoms with van der Waals surface area (Å²) in [5.74, 6) is 0.725. The van der Waals surface area contributed by atoms with E-state index in [4.69, 9.17) is 4.42 Å². The lowest BCUT2D eigenvalue weighted by Gasteiger charge is -1.96. The van der Waals surface area contributed by atoms with Gasteiger partial charge in [0.05, 0.1) is 5.75 Å². The van der Waals surface area contributed by atoms with E-state index in [1.807, 2.05) is 31.2 Å². The first kappa shape index (κ1) is 12.0. The predicted octanol–water partition coefficient (Wildman–Crippen LogP) is 2.77. The average molecular weight is 250 g/mol. The van der Waals surface area contributed by atoms with Crippen molar-refractivity contribution in [2.75, 3.05) is 11.5 Å². The first-order chi connectivity index (χ1) is 8.20. The van der Waals surface area contributed by atoms with Crippen molar-refractivity contribution in [2.45, 2.75) is 13.3 Å². The highest BCUT2D eigenvalue weighted by molar-refractivity contribution is 7.85. The second-order valence-electron chi connectivity index (χ2n) is 3.86. The zero-order valence-corrected chi connectivity index (χ0v) is 10.5. The lowest BCUT2D eigenvalue weighted by atomic mass is 10.2. The van der Waals surface area contributed by atoms with Gasteiger partial charge in [-0.25, -0.2) is 0 Å². The first-order valence-corrected chi connectivity index (χ1v) is 7.06. The van der Waals surface area contributed by atoms with Crippen molar-refractivity contribution in [1.82, 2.24) is 0 Å². The zero-order valence-electron chi connectivity index (χ0n) is 9.64. The van der Waals surface area contributed by atoms with Crippen LogP contribution in [0.25, 0.3) is 11.0 Å². The van der Waals surface area contributed by atoms with E-state index in [0.29, 0.717) is 17.1 Å². The molecule has 0 radical (unpaired) electrons. The van der Waals surface area contributed by atoms with Gasteiger partial charge in [0.2, 0.25) is 5.78 Å². The molecule has 0 amide bonds. The molecule has 0 fully saturated rings. The Morgan fingerprint density at radius 1 is 1.35 bits per heavy atom. The van der Waals surface area contributed by atoms with E-state index in [-0.39, 0.29) is 11.5 Å². The molecule has 0 bridgehead atoms. The molecule has 1 unspecified atom stereocenters. The number of Topliss-reactive ketones (excluding diaryl/α,β-unsaturated/α-hetero) is 1. The van der Waals surface area contributed by atoms with Crippen molar-refractivity contribution >= 4 is 27.6 Å². The molecule has 0 saturated heterocycles. The molecule has 1 aromatic heterocycles. The molecule has 90 valence electrons. The van der Waals surface area contributed by atoms with Gasteiger partial charge in [-0.05, 0) is 18.6 Å². The van der Waals surface area contributed by atoms with Crippen LogP contribution in [0.15, 0.2) is 34.7 Å². The van der Waals surface area contributed by atoms with Crippen molar-refractivity contribution < 1.29 is 13.4 Å². The third kappa shape index (κ3) is 2.82. The predicted molar refractivity (Wildman–Crippen MR) is 68.7 cm³/mol. The smallest absolute Gasteiger partial charge is 0.210 e. The molecule has 1 aromatic carbocycles. The number of furan rings is 1. The molecular formula is C13H14O3S. The standard InChI is InChI=1S/C13H14O3S/c1-2-7-17(15)9-11(14)13-8-10-5-3-4-6-12(10)16-13/h3-6,8H,2,7,9H2,1H3. The third-order valence-corrected chi connectivity index (χ3v) is 3.87. The van der Waals surface area contributed by atoms with Crippen LogP contribution in [0.5, 0.6) is 0 Å². The van der Waals surface area contributed by atoms with Gasteiger partial charge < -0.3 is 4.42 Å². The van der Waals surface area contributed by atoms with Gasteiger partial charge in [0.15, 0.2) is 5.76 Å². The fourth-order valence-corrected chi connectivity index (χ4v) is 2.67. The molecule has 2 aromatic rings. The molecule has 17 heavy (non-hydrogen) atoms. The van der Waals surface area contributed by atoms with E-state index in [1.54, 1.807) is 6.07 Å². The number of benzene rings is 1. The van der Waals surface area contributed by atoms with Gasteiger partial charge in [-0.2, -0.15) is 0 Å². The van der Waals surface area contributed by atoms with E-state index < -0.39 is 10.8 Å². The van der Waals surface area contributed by atoms with Crippen LogP contribution in [0.2, 0.25) is 0 Å². The number of carbonyl (C=O) groups excluding carboxylic acids is 1. The van der Waals surface area contributed by atoms with Gasteiger partial charge in [-0.3, -0.25) is 9.00 Å². The third-order valence-electron chi connectivity index (χ3n) is 2.42. The first-order valence-electron chi connectivity index (χ1n) is 5.57. The molecule has 4 heteroatoms. The second-order valence-corrected chi connectivity index (χ2v) is 5.44. The fourth-order valence-electron chi connectivity index (χ4n) is 1.64. The summed E-state index contributed by atoms with van der Waals surface area (Å²) in [4.78, 5) is 11.8. The van der Waals surface area contributed by atoms with Crippen molar-refractivity contribution in [2.24, 2.45) is 0 Å². The zero-order chi connectivity index (χ0) is 12.3. The lowest BCUT2D eigenvalue weighted by Crippen LogP contribution is -2.12. The van der Waals surface area contributed by atoms with E-state index in [1.165, 1.54) is 0 Å². The van der Waals surface area contributed by atoms with Gasteiger partial charge >= 0.3 is 0 Å². The van der Waals surface area contributed by atoms with E-state index in [0.717, 1.165) is 11.8 Å². The SMILES string of the molecule is CCCS(=O)CC(=O)c1cc2ccccc2o1. The molecule has 0 spiro atoms. The lowest BCUT2D eigenvalue weighted by molar-refractivity contribution is 0.0993. The Labute approximate surface area is 102 Å². The largest absolute Gasteiger partial charge is 0.453 e. The van der Waals surface area contributed by atoms with Crippen molar-refractivity contribution in [3.8, 4) is 0 Å². The molecule has 3 nitrogen and oxygen atoms in total. The summed E-state index contributed by atoms with van der Waals surface area (Å²) in [7, 11) is -1.08. The maximum atomic E-state index is 11.8. The van der Waals surface area contributed by atoms with Gasteiger partial charge in [-0.1, -0.05) is 25.1 Å². The Balaban J connectivity index is 2.16. The Kier molecular flexibility index (Phi) is 3.74. The topological polar surface area (TPSA) is 47.3 Å². The second kappa shape index (κ2) is 5.27. The Morgan fingerprint density at radius 2 is 2.12 bits per heavy atom. The number of ketones is 1. The minimum absolute atomic E-state index is 0.0493. The molecule has 0 N–H and O–H groups in total. The summed E-state index contributed by atoms with van der Waals surface area (Å²) < 4.78 is 16.9. The summed E-state index contributed by atoms with van der Waals surface area (Å²) in [6.07, 6.45) is 0.819.